The molecule has 0 bridgehead atoms. The second-order valence-electron chi connectivity index (χ2n) is 6.53. The van der Waals surface area contributed by atoms with Gasteiger partial charge in [-0.3, -0.25) is 9.69 Å². The van der Waals surface area contributed by atoms with E-state index in [2.05, 4.69) is 21.6 Å². The first kappa shape index (κ1) is 17.7. The molecule has 1 atom stereocenters. The summed E-state index contributed by atoms with van der Waals surface area (Å²) in [5, 5.41) is 6.19. The Morgan fingerprint density at radius 2 is 1.92 bits per heavy atom. The van der Waals surface area contributed by atoms with Crippen LogP contribution in [0.2, 0.25) is 0 Å². The number of carbonyl (C=O) groups is 1. The lowest BCUT2D eigenvalue weighted by Gasteiger charge is -2.33. The Bertz CT molecular complexity index is 646. The molecule has 134 valence electrons. The van der Waals surface area contributed by atoms with Crippen molar-refractivity contribution < 1.29 is 9.21 Å². The van der Waals surface area contributed by atoms with Crippen molar-refractivity contribution in [2.24, 2.45) is 0 Å². The van der Waals surface area contributed by atoms with Gasteiger partial charge in [0.05, 0.1) is 12.3 Å². The molecular formula is C20H27N3O2. The average Bonchev–Trinajstić information content (AvgIpc) is 3.20. The molecule has 5 nitrogen and oxygen atoms in total. The fourth-order valence-electron chi connectivity index (χ4n) is 3.39. The van der Waals surface area contributed by atoms with Crippen LogP contribution in [0.1, 0.15) is 47.0 Å². The van der Waals surface area contributed by atoms with E-state index in [0.717, 1.165) is 31.9 Å². The Morgan fingerprint density at radius 1 is 1.16 bits per heavy atom. The zero-order valence-corrected chi connectivity index (χ0v) is 14.8. The summed E-state index contributed by atoms with van der Waals surface area (Å²) in [5.74, 6) is 0.979. The lowest BCUT2D eigenvalue weighted by atomic mass is 10.1. The van der Waals surface area contributed by atoms with Gasteiger partial charge < -0.3 is 15.1 Å². The molecule has 3 rings (SSSR count). The van der Waals surface area contributed by atoms with Gasteiger partial charge >= 0.3 is 0 Å². The molecule has 25 heavy (non-hydrogen) atoms. The van der Waals surface area contributed by atoms with Crippen molar-refractivity contribution in [3.8, 4) is 0 Å². The van der Waals surface area contributed by atoms with Crippen molar-refractivity contribution >= 4 is 5.91 Å². The highest BCUT2D eigenvalue weighted by atomic mass is 16.3. The molecule has 1 aliphatic heterocycles. The monoisotopic (exact) mass is 341 g/mol. The Kier molecular flexibility index (Phi) is 6.25. The van der Waals surface area contributed by atoms with E-state index in [-0.39, 0.29) is 11.9 Å². The third kappa shape index (κ3) is 4.71. The Morgan fingerprint density at radius 3 is 2.56 bits per heavy atom. The molecule has 1 amide bonds. The molecule has 5 heteroatoms. The summed E-state index contributed by atoms with van der Waals surface area (Å²) in [7, 11) is 1.65. The normalized spacial score (nSPS) is 16.5. The van der Waals surface area contributed by atoms with E-state index in [0.29, 0.717) is 5.56 Å². The highest BCUT2D eigenvalue weighted by molar-refractivity contribution is 5.93. The SMILES string of the molecule is CNC(=O)c1ccc(CNCC(c2ccco2)N2CCCCC2)cc1. The van der Waals surface area contributed by atoms with Gasteiger partial charge in [0.15, 0.2) is 0 Å². The van der Waals surface area contributed by atoms with E-state index in [1.807, 2.05) is 30.3 Å². The molecule has 1 aromatic heterocycles. The van der Waals surface area contributed by atoms with Crippen LogP contribution >= 0.6 is 0 Å². The summed E-state index contributed by atoms with van der Waals surface area (Å²) in [4.78, 5) is 14.1. The maximum atomic E-state index is 11.6. The van der Waals surface area contributed by atoms with Crippen molar-refractivity contribution in [3.05, 3.63) is 59.5 Å². The molecule has 1 unspecified atom stereocenters. The van der Waals surface area contributed by atoms with E-state index < -0.39 is 0 Å². The summed E-state index contributed by atoms with van der Waals surface area (Å²) in [6.07, 6.45) is 5.60. The second-order valence-corrected chi connectivity index (χ2v) is 6.53. The highest BCUT2D eigenvalue weighted by Gasteiger charge is 2.23. The van der Waals surface area contributed by atoms with Crippen molar-refractivity contribution in [3.63, 3.8) is 0 Å². The number of piperidine rings is 1. The third-order valence-electron chi connectivity index (χ3n) is 4.81. The predicted octanol–water partition coefficient (Wildman–Crippen LogP) is 2.96. The number of hydrogen-bond acceptors (Lipinski definition) is 4. The van der Waals surface area contributed by atoms with E-state index in [1.165, 1.54) is 24.8 Å². The predicted molar refractivity (Wildman–Crippen MR) is 98.4 cm³/mol. The largest absolute Gasteiger partial charge is 0.468 e. The zero-order valence-electron chi connectivity index (χ0n) is 14.8. The molecule has 1 fully saturated rings. The van der Waals surface area contributed by atoms with Crippen LogP contribution < -0.4 is 10.6 Å². The van der Waals surface area contributed by atoms with E-state index in [9.17, 15) is 4.79 Å². The molecule has 0 spiro atoms. The Labute approximate surface area is 149 Å². The van der Waals surface area contributed by atoms with Crippen LogP contribution in [0.4, 0.5) is 0 Å². The number of furan rings is 1. The first-order valence-corrected chi connectivity index (χ1v) is 9.07. The molecular weight excluding hydrogens is 314 g/mol. The molecule has 1 aromatic carbocycles. The minimum absolute atomic E-state index is 0.0532. The van der Waals surface area contributed by atoms with Crippen LogP contribution in [-0.4, -0.2) is 37.5 Å². The molecule has 0 radical (unpaired) electrons. The first-order chi connectivity index (χ1) is 12.3. The van der Waals surface area contributed by atoms with E-state index >= 15 is 0 Å². The summed E-state index contributed by atoms with van der Waals surface area (Å²) in [6.45, 7) is 3.89. The summed E-state index contributed by atoms with van der Waals surface area (Å²) < 4.78 is 5.68. The lowest BCUT2D eigenvalue weighted by molar-refractivity contribution is 0.0963. The molecule has 0 aliphatic carbocycles. The van der Waals surface area contributed by atoms with Crippen molar-refractivity contribution in [2.75, 3.05) is 26.7 Å². The minimum Gasteiger partial charge on any atom is -0.468 e. The standard InChI is InChI=1S/C20H27N3O2/c1-21-20(24)17-9-7-16(8-10-17)14-22-15-18(19-6-5-13-25-19)23-11-3-2-4-12-23/h5-10,13,18,22H,2-4,11-12,14-15H2,1H3,(H,21,24). The van der Waals surface area contributed by atoms with Crippen LogP contribution in [0, 0.1) is 0 Å². The topological polar surface area (TPSA) is 57.5 Å². The van der Waals surface area contributed by atoms with Crippen LogP contribution in [0.15, 0.2) is 47.1 Å². The second kappa shape index (κ2) is 8.83. The molecule has 2 N–H and O–H groups in total. The smallest absolute Gasteiger partial charge is 0.251 e. The number of carbonyl (C=O) groups excluding carboxylic acids is 1. The number of nitrogens with zero attached hydrogens (tertiary/aromatic N) is 1. The van der Waals surface area contributed by atoms with Gasteiger partial charge in [0.25, 0.3) is 5.91 Å². The van der Waals surface area contributed by atoms with Gasteiger partial charge in [0.1, 0.15) is 5.76 Å². The zero-order chi connectivity index (χ0) is 17.5. The Hall–Kier alpha value is -2.11. The first-order valence-electron chi connectivity index (χ1n) is 9.07. The Balaban J connectivity index is 1.57. The molecule has 2 heterocycles. The molecule has 2 aromatic rings. The number of benzene rings is 1. The summed E-state index contributed by atoms with van der Waals surface area (Å²) >= 11 is 0. The summed E-state index contributed by atoms with van der Waals surface area (Å²) in [6, 6.07) is 12.0. The van der Waals surface area contributed by atoms with Crippen LogP contribution in [-0.2, 0) is 6.54 Å². The van der Waals surface area contributed by atoms with Gasteiger partial charge in [-0.2, -0.15) is 0 Å². The molecule has 0 saturated carbocycles. The van der Waals surface area contributed by atoms with E-state index in [1.54, 1.807) is 13.3 Å². The minimum atomic E-state index is -0.0532. The lowest BCUT2D eigenvalue weighted by Crippen LogP contribution is -2.38. The van der Waals surface area contributed by atoms with Gasteiger partial charge in [0.2, 0.25) is 0 Å². The van der Waals surface area contributed by atoms with Gasteiger partial charge in [-0.05, 0) is 55.8 Å². The maximum absolute atomic E-state index is 11.6. The number of likely N-dealkylation sites (tertiary alicyclic amines) is 1. The number of nitrogens with one attached hydrogen (secondary N) is 2. The van der Waals surface area contributed by atoms with Crippen molar-refractivity contribution in [1.29, 1.82) is 0 Å². The number of amides is 1. The van der Waals surface area contributed by atoms with Crippen molar-refractivity contribution in [1.82, 2.24) is 15.5 Å². The molecule has 1 aliphatic rings. The summed E-state index contributed by atoms with van der Waals surface area (Å²) in [5.41, 5.74) is 1.86. The fourth-order valence-corrected chi connectivity index (χ4v) is 3.39. The number of rotatable bonds is 7. The van der Waals surface area contributed by atoms with Gasteiger partial charge in [-0.1, -0.05) is 18.6 Å². The maximum Gasteiger partial charge on any atom is 0.251 e. The molecule has 1 saturated heterocycles. The van der Waals surface area contributed by atoms with Gasteiger partial charge in [-0.15, -0.1) is 0 Å². The average molecular weight is 341 g/mol. The van der Waals surface area contributed by atoms with Crippen LogP contribution in [0.25, 0.3) is 0 Å². The number of hydrogen-bond donors (Lipinski definition) is 2. The van der Waals surface area contributed by atoms with Gasteiger partial charge in [0, 0.05) is 25.7 Å². The van der Waals surface area contributed by atoms with Gasteiger partial charge in [-0.25, -0.2) is 0 Å². The quantitative estimate of drug-likeness (QED) is 0.813. The fraction of sp³-hybridized carbons (Fsp3) is 0.450. The van der Waals surface area contributed by atoms with Crippen LogP contribution in [0.5, 0.6) is 0 Å². The third-order valence-corrected chi connectivity index (χ3v) is 4.81. The van der Waals surface area contributed by atoms with Crippen LogP contribution in [0.3, 0.4) is 0 Å². The van der Waals surface area contributed by atoms with Crippen molar-refractivity contribution in [2.45, 2.75) is 31.8 Å². The van der Waals surface area contributed by atoms with E-state index in [4.69, 9.17) is 4.42 Å². The highest BCUT2D eigenvalue weighted by Crippen LogP contribution is 2.24.